The Bertz CT molecular complexity index is 1460. The number of hydrogen-bond donors (Lipinski definition) is 1. The summed E-state index contributed by atoms with van der Waals surface area (Å²) in [5.74, 6) is -0.429. The Labute approximate surface area is 228 Å². The molecule has 0 aliphatic carbocycles. The lowest BCUT2D eigenvalue weighted by Gasteiger charge is -2.46. The van der Waals surface area contributed by atoms with Crippen molar-refractivity contribution >= 4 is 40.1 Å². The minimum absolute atomic E-state index is 0.0583. The Morgan fingerprint density at radius 3 is 2.63 bits per heavy atom. The van der Waals surface area contributed by atoms with Crippen LogP contribution in [-0.4, -0.2) is 70.4 Å². The molecule has 0 radical (unpaired) electrons. The monoisotopic (exact) mass is 562 g/mol. The van der Waals surface area contributed by atoms with E-state index < -0.39 is 23.6 Å². The highest BCUT2D eigenvalue weighted by atomic mass is 35.5. The molecule has 0 saturated carbocycles. The largest absolute Gasteiger partial charge is 0.383 e. The first kappa shape index (κ1) is 27.1. The molecule has 1 saturated heterocycles. The van der Waals surface area contributed by atoms with Crippen molar-refractivity contribution in [3.8, 4) is 11.1 Å². The molecule has 11 heteroatoms. The van der Waals surface area contributed by atoms with Gasteiger partial charge in [-0.25, -0.2) is 13.6 Å². The summed E-state index contributed by atoms with van der Waals surface area (Å²) in [7, 11) is 1.57. The molecule has 202 valence electrons. The number of anilines is 1. The molecule has 0 bridgehead atoms. The molecule has 2 aromatic carbocycles. The Kier molecular flexibility index (Phi) is 7.54. The average Bonchev–Trinajstić information content (AvgIpc) is 2.86. The highest BCUT2D eigenvalue weighted by molar-refractivity contribution is 7.99. The normalized spacial score (nSPS) is 22.6. The summed E-state index contributed by atoms with van der Waals surface area (Å²) in [6, 6.07) is 4.71. The minimum Gasteiger partial charge on any atom is -0.383 e. The number of rotatable bonds is 6. The molecule has 1 aromatic heterocycles. The standard InChI is InChI=1S/C27H29ClF2N4O3S/c1-5-22(35)33-14(2)10-32(11-15(33)3)26-19-9-20(28)23(18-7-6-16(29)8-21(18)30)25-24(19)34(27(36)31-26)17(12-37-4)13-38-25/h5-9,14-15,17,22,35H,1,10-13H2,2-4H3/t14-,15+,17-,22?/m0/s1. The fraction of sp³-hybridized carbons (Fsp3) is 0.407. The molecule has 2 aliphatic rings. The van der Waals surface area contributed by atoms with Gasteiger partial charge in [0.05, 0.1) is 23.2 Å². The number of thioether (sulfide) groups is 1. The van der Waals surface area contributed by atoms with E-state index in [-0.39, 0.29) is 28.7 Å². The van der Waals surface area contributed by atoms with E-state index in [1.54, 1.807) is 17.7 Å². The van der Waals surface area contributed by atoms with Crippen molar-refractivity contribution in [1.29, 1.82) is 0 Å². The number of benzene rings is 2. The molecule has 1 N–H and O–H groups in total. The molecule has 2 aliphatic heterocycles. The van der Waals surface area contributed by atoms with Gasteiger partial charge >= 0.3 is 5.69 Å². The van der Waals surface area contributed by atoms with E-state index in [2.05, 4.69) is 11.6 Å². The summed E-state index contributed by atoms with van der Waals surface area (Å²) in [5.41, 5.74) is 0.759. The SMILES string of the molecule is C=CC(O)N1[C@H](C)CN(c2nc(=O)n3c4c(c(-c5ccc(F)cc5F)c(Cl)cc24)SC[C@@H]3COC)C[C@@H]1C. The maximum atomic E-state index is 15.0. The van der Waals surface area contributed by atoms with E-state index >= 15 is 0 Å². The Morgan fingerprint density at radius 2 is 2.00 bits per heavy atom. The van der Waals surface area contributed by atoms with Crippen LogP contribution in [0.25, 0.3) is 22.0 Å². The van der Waals surface area contributed by atoms with E-state index in [0.717, 1.165) is 6.07 Å². The summed E-state index contributed by atoms with van der Waals surface area (Å²) in [6.45, 7) is 9.03. The number of halogens is 3. The van der Waals surface area contributed by atoms with Crippen molar-refractivity contribution < 1.29 is 18.6 Å². The molecule has 0 amide bonds. The van der Waals surface area contributed by atoms with Crippen molar-refractivity contribution in [2.45, 2.75) is 43.1 Å². The van der Waals surface area contributed by atoms with Crippen molar-refractivity contribution in [2.24, 2.45) is 0 Å². The molecular weight excluding hydrogens is 534 g/mol. The second-order valence-corrected chi connectivity index (χ2v) is 11.2. The van der Waals surface area contributed by atoms with Crippen LogP contribution in [0.15, 0.2) is 46.6 Å². The number of ether oxygens (including phenoxy) is 1. The number of aromatic nitrogens is 2. The first-order chi connectivity index (χ1) is 18.2. The Hall–Kier alpha value is -2.50. The molecule has 4 atom stereocenters. The van der Waals surface area contributed by atoms with E-state index in [1.807, 2.05) is 23.6 Å². The van der Waals surface area contributed by atoms with E-state index in [9.17, 15) is 18.7 Å². The molecule has 7 nitrogen and oxygen atoms in total. The highest BCUT2D eigenvalue weighted by Gasteiger charge is 2.36. The summed E-state index contributed by atoms with van der Waals surface area (Å²) >= 11 is 8.28. The van der Waals surface area contributed by atoms with Crippen LogP contribution in [0.2, 0.25) is 5.02 Å². The molecule has 3 heterocycles. The predicted molar refractivity (Wildman–Crippen MR) is 147 cm³/mol. The van der Waals surface area contributed by atoms with Crippen molar-refractivity contribution in [3.63, 3.8) is 0 Å². The molecule has 38 heavy (non-hydrogen) atoms. The number of nitrogens with zero attached hydrogens (tertiary/aromatic N) is 4. The van der Waals surface area contributed by atoms with E-state index in [4.69, 9.17) is 16.3 Å². The quantitative estimate of drug-likeness (QED) is 0.437. The van der Waals surface area contributed by atoms with Gasteiger partial charge in [-0.1, -0.05) is 18.2 Å². The second kappa shape index (κ2) is 10.6. The van der Waals surface area contributed by atoms with Gasteiger partial charge in [-0.05, 0) is 38.1 Å². The number of aliphatic hydroxyl groups excluding tert-OH is 1. The maximum Gasteiger partial charge on any atom is 0.350 e. The van der Waals surface area contributed by atoms with Gasteiger partial charge in [-0.2, -0.15) is 4.98 Å². The lowest BCUT2D eigenvalue weighted by molar-refractivity contribution is -0.0208. The van der Waals surface area contributed by atoms with Gasteiger partial charge in [0, 0.05) is 65.5 Å². The maximum absolute atomic E-state index is 15.0. The number of hydrogen-bond acceptors (Lipinski definition) is 7. The van der Waals surface area contributed by atoms with Gasteiger partial charge in [0.1, 0.15) is 23.7 Å². The Balaban J connectivity index is 1.74. The van der Waals surface area contributed by atoms with Gasteiger partial charge in [-0.3, -0.25) is 9.47 Å². The zero-order valence-corrected chi connectivity index (χ0v) is 22.9. The van der Waals surface area contributed by atoms with Crippen LogP contribution in [0.5, 0.6) is 0 Å². The molecule has 1 fully saturated rings. The molecule has 3 aromatic rings. The molecule has 0 spiro atoms. The lowest BCUT2D eigenvalue weighted by atomic mass is 10.0. The average molecular weight is 563 g/mol. The third-order valence-corrected chi connectivity index (χ3v) is 8.78. The van der Waals surface area contributed by atoms with Crippen LogP contribution in [0.3, 0.4) is 0 Å². The fourth-order valence-electron chi connectivity index (χ4n) is 5.71. The van der Waals surface area contributed by atoms with Crippen molar-refractivity contribution in [3.05, 3.63) is 64.1 Å². The fourth-order valence-corrected chi connectivity index (χ4v) is 7.39. The molecule has 1 unspecified atom stereocenters. The summed E-state index contributed by atoms with van der Waals surface area (Å²) in [6.07, 6.45) is 0.713. The van der Waals surface area contributed by atoms with Crippen LogP contribution >= 0.6 is 23.4 Å². The van der Waals surface area contributed by atoms with Crippen LogP contribution in [-0.2, 0) is 4.74 Å². The minimum atomic E-state index is -0.786. The smallest absolute Gasteiger partial charge is 0.350 e. The third-order valence-electron chi connectivity index (χ3n) is 7.24. The number of aliphatic hydroxyl groups is 1. The van der Waals surface area contributed by atoms with Gasteiger partial charge in [0.15, 0.2) is 0 Å². The first-order valence-corrected chi connectivity index (χ1v) is 13.7. The predicted octanol–water partition coefficient (Wildman–Crippen LogP) is 4.69. The van der Waals surface area contributed by atoms with Gasteiger partial charge in [-0.15, -0.1) is 11.8 Å². The van der Waals surface area contributed by atoms with Crippen molar-refractivity contribution in [2.75, 3.05) is 37.5 Å². The van der Waals surface area contributed by atoms with Gasteiger partial charge in [0.2, 0.25) is 0 Å². The third kappa shape index (κ3) is 4.52. The van der Waals surface area contributed by atoms with E-state index in [1.165, 1.54) is 30.0 Å². The second-order valence-electron chi connectivity index (χ2n) is 9.79. The zero-order chi connectivity index (χ0) is 27.3. The van der Waals surface area contributed by atoms with Gasteiger partial charge < -0.3 is 14.7 Å². The molecular formula is C27H29ClF2N4O3S. The van der Waals surface area contributed by atoms with Crippen LogP contribution in [0.1, 0.15) is 19.9 Å². The van der Waals surface area contributed by atoms with Gasteiger partial charge in [0.25, 0.3) is 0 Å². The van der Waals surface area contributed by atoms with Crippen LogP contribution < -0.4 is 10.6 Å². The number of methoxy groups -OCH3 is 1. The topological polar surface area (TPSA) is 70.8 Å². The van der Waals surface area contributed by atoms with Crippen LogP contribution in [0.4, 0.5) is 14.6 Å². The van der Waals surface area contributed by atoms with Crippen molar-refractivity contribution in [1.82, 2.24) is 14.5 Å². The molecule has 5 rings (SSSR count). The van der Waals surface area contributed by atoms with E-state index in [0.29, 0.717) is 52.6 Å². The zero-order valence-electron chi connectivity index (χ0n) is 21.3. The number of piperazine rings is 1. The summed E-state index contributed by atoms with van der Waals surface area (Å²) < 4.78 is 35.7. The van der Waals surface area contributed by atoms with Crippen LogP contribution in [0, 0.1) is 11.6 Å². The Morgan fingerprint density at radius 1 is 1.29 bits per heavy atom. The summed E-state index contributed by atoms with van der Waals surface area (Å²) in [4.78, 5) is 22.7. The highest BCUT2D eigenvalue weighted by Crippen LogP contribution is 2.48. The summed E-state index contributed by atoms with van der Waals surface area (Å²) in [5, 5.41) is 11.4. The lowest BCUT2D eigenvalue weighted by Crippen LogP contribution is -2.60. The first-order valence-electron chi connectivity index (χ1n) is 12.3.